The van der Waals surface area contributed by atoms with Gasteiger partial charge < -0.3 is 0 Å². The summed E-state index contributed by atoms with van der Waals surface area (Å²) in [6.07, 6.45) is 0. The van der Waals surface area contributed by atoms with Gasteiger partial charge in [0, 0.05) is 11.3 Å². The van der Waals surface area contributed by atoms with Crippen molar-refractivity contribution >= 4 is 11.6 Å². The second-order valence-corrected chi connectivity index (χ2v) is 2.70. The molecule has 0 atom stereocenters. The van der Waals surface area contributed by atoms with Crippen LogP contribution in [0.25, 0.3) is 0 Å². The lowest BCUT2D eigenvalue weighted by Gasteiger charge is -1.99. The smallest absolute Gasteiger partial charge is 0.133 e. The lowest BCUT2D eigenvalue weighted by Crippen LogP contribution is -1.90. The quantitative estimate of drug-likeness (QED) is 0.555. The molecular weight excluding hydrogens is 160 g/mol. The van der Waals surface area contributed by atoms with Crippen molar-refractivity contribution in [2.45, 2.75) is 13.8 Å². The zero-order chi connectivity index (χ0) is 8.43. The summed E-state index contributed by atoms with van der Waals surface area (Å²) in [6, 6.07) is 3.78. The van der Waals surface area contributed by atoms with Crippen LogP contribution in [0.4, 0.5) is 0 Å². The van der Waals surface area contributed by atoms with E-state index in [1.165, 1.54) is 0 Å². The molecular formula is C8H7ClN2. The number of hydrogen-bond acceptors (Lipinski definition) is 2. The van der Waals surface area contributed by atoms with Gasteiger partial charge in [0.1, 0.15) is 5.15 Å². The summed E-state index contributed by atoms with van der Waals surface area (Å²) in [7, 11) is 0. The van der Waals surface area contributed by atoms with E-state index in [4.69, 9.17) is 16.9 Å². The van der Waals surface area contributed by atoms with Gasteiger partial charge in [-0.25, -0.2) is 4.98 Å². The van der Waals surface area contributed by atoms with Gasteiger partial charge in [-0.15, -0.1) is 0 Å². The van der Waals surface area contributed by atoms with E-state index in [0.717, 1.165) is 11.3 Å². The zero-order valence-corrected chi connectivity index (χ0v) is 7.11. The van der Waals surface area contributed by atoms with Crippen LogP contribution >= 0.6 is 11.6 Å². The number of aryl methyl sites for hydroxylation is 1. The van der Waals surface area contributed by atoms with Crippen LogP contribution in [0.5, 0.6) is 0 Å². The molecule has 0 saturated heterocycles. The summed E-state index contributed by atoms with van der Waals surface area (Å²) in [5.74, 6) is 0. The van der Waals surface area contributed by atoms with Crippen LogP contribution in [-0.4, -0.2) is 4.98 Å². The summed E-state index contributed by atoms with van der Waals surface area (Å²) in [5, 5.41) is 9.05. The van der Waals surface area contributed by atoms with Crippen molar-refractivity contribution < 1.29 is 0 Å². The van der Waals surface area contributed by atoms with Crippen LogP contribution in [0.15, 0.2) is 6.07 Å². The van der Waals surface area contributed by atoms with Crippen LogP contribution in [0.1, 0.15) is 16.8 Å². The van der Waals surface area contributed by atoms with E-state index >= 15 is 0 Å². The molecule has 0 radical (unpaired) electrons. The van der Waals surface area contributed by atoms with Gasteiger partial charge in [0.05, 0.1) is 11.6 Å². The van der Waals surface area contributed by atoms with Crippen molar-refractivity contribution in [1.82, 2.24) is 4.98 Å². The summed E-state index contributed by atoms with van der Waals surface area (Å²) >= 11 is 5.74. The Morgan fingerprint density at radius 1 is 1.55 bits per heavy atom. The average molecular weight is 167 g/mol. The van der Waals surface area contributed by atoms with Crippen molar-refractivity contribution in [2.24, 2.45) is 0 Å². The molecule has 56 valence electrons. The molecule has 0 spiro atoms. The third kappa shape index (κ3) is 1.50. The molecule has 0 saturated carbocycles. The Bertz CT molecular complexity index is 326. The fourth-order valence-electron chi connectivity index (χ4n) is 0.815. The molecule has 0 aliphatic heterocycles. The topological polar surface area (TPSA) is 36.7 Å². The van der Waals surface area contributed by atoms with E-state index in [2.05, 4.69) is 11.1 Å². The molecule has 2 nitrogen and oxygen atoms in total. The molecule has 1 aromatic heterocycles. The van der Waals surface area contributed by atoms with Crippen molar-refractivity contribution in [1.29, 1.82) is 5.26 Å². The lowest BCUT2D eigenvalue weighted by molar-refractivity contribution is 1.16. The van der Waals surface area contributed by atoms with Crippen molar-refractivity contribution in [3.63, 3.8) is 0 Å². The molecule has 0 fully saturated rings. The van der Waals surface area contributed by atoms with Crippen LogP contribution in [-0.2, 0) is 0 Å². The Hall–Kier alpha value is -1.07. The van der Waals surface area contributed by atoms with Gasteiger partial charge in [0.25, 0.3) is 0 Å². The maximum Gasteiger partial charge on any atom is 0.133 e. The fraction of sp³-hybridized carbons (Fsp3) is 0.250. The number of pyridine rings is 1. The molecule has 0 unspecified atom stereocenters. The highest BCUT2D eigenvalue weighted by Gasteiger charge is 2.03. The SMILES string of the molecule is Cc1cc(C#N)c(C)c(Cl)n1. The zero-order valence-electron chi connectivity index (χ0n) is 6.35. The largest absolute Gasteiger partial charge is 0.241 e. The number of nitriles is 1. The monoisotopic (exact) mass is 166 g/mol. The van der Waals surface area contributed by atoms with Crippen molar-refractivity contribution in [2.75, 3.05) is 0 Å². The predicted octanol–water partition coefficient (Wildman–Crippen LogP) is 2.22. The second kappa shape index (κ2) is 2.89. The van der Waals surface area contributed by atoms with E-state index in [1.54, 1.807) is 13.0 Å². The Balaban J connectivity index is 3.39. The molecule has 0 aromatic carbocycles. The second-order valence-electron chi connectivity index (χ2n) is 2.34. The molecule has 0 aliphatic carbocycles. The maximum absolute atomic E-state index is 8.63. The van der Waals surface area contributed by atoms with Gasteiger partial charge in [-0.05, 0) is 19.9 Å². The van der Waals surface area contributed by atoms with Gasteiger partial charge >= 0.3 is 0 Å². The molecule has 1 aromatic rings. The summed E-state index contributed by atoms with van der Waals surface area (Å²) in [5.41, 5.74) is 2.12. The number of hydrogen-bond donors (Lipinski definition) is 0. The molecule has 0 N–H and O–H groups in total. The van der Waals surface area contributed by atoms with Gasteiger partial charge in [-0.3, -0.25) is 0 Å². The summed E-state index contributed by atoms with van der Waals surface area (Å²) < 4.78 is 0. The first-order chi connectivity index (χ1) is 5.15. The minimum atomic E-state index is 0.418. The van der Waals surface area contributed by atoms with E-state index in [0.29, 0.717) is 10.7 Å². The molecule has 0 bridgehead atoms. The first-order valence-corrected chi connectivity index (χ1v) is 3.57. The predicted molar refractivity (Wildman–Crippen MR) is 43.4 cm³/mol. The normalized spacial score (nSPS) is 9.27. The first-order valence-electron chi connectivity index (χ1n) is 3.19. The Morgan fingerprint density at radius 3 is 2.73 bits per heavy atom. The molecule has 0 amide bonds. The third-order valence-corrected chi connectivity index (χ3v) is 1.83. The van der Waals surface area contributed by atoms with Gasteiger partial charge in [0.2, 0.25) is 0 Å². The maximum atomic E-state index is 8.63. The van der Waals surface area contributed by atoms with Crippen LogP contribution in [0.2, 0.25) is 5.15 Å². The molecule has 1 rings (SSSR count). The molecule has 0 aliphatic rings. The molecule has 1 heterocycles. The number of halogens is 1. The Morgan fingerprint density at radius 2 is 2.18 bits per heavy atom. The summed E-state index contributed by atoms with van der Waals surface area (Å²) in [4.78, 5) is 4.00. The first kappa shape index (κ1) is 8.03. The van der Waals surface area contributed by atoms with Gasteiger partial charge in [-0.1, -0.05) is 11.6 Å². The molecule has 11 heavy (non-hydrogen) atoms. The highest BCUT2D eigenvalue weighted by molar-refractivity contribution is 6.30. The van der Waals surface area contributed by atoms with Crippen LogP contribution < -0.4 is 0 Å². The molecule has 3 heteroatoms. The van der Waals surface area contributed by atoms with Crippen molar-refractivity contribution in [3.8, 4) is 6.07 Å². The van der Waals surface area contributed by atoms with E-state index in [9.17, 15) is 0 Å². The third-order valence-electron chi connectivity index (χ3n) is 1.46. The summed E-state index contributed by atoms with van der Waals surface area (Å²) in [6.45, 7) is 3.60. The van der Waals surface area contributed by atoms with Crippen LogP contribution in [0, 0.1) is 25.2 Å². The number of rotatable bonds is 0. The highest BCUT2D eigenvalue weighted by Crippen LogP contribution is 2.16. The Kier molecular flexibility index (Phi) is 2.11. The van der Waals surface area contributed by atoms with Gasteiger partial charge in [-0.2, -0.15) is 5.26 Å². The standard InChI is InChI=1S/C8H7ClN2/c1-5-3-7(4-10)6(2)8(9)11-5/h3H,1-2H3. The minimum absolute atomic E-state index is 0.418. The number of nitrogens with zero attached hydrogens (tertiary/aromatic N) is 2. The fourth-order valence-corrected chi connectivity index (χ4v) is 1.05. The van der Waals surface area contributed by atoms with E-state index < -0.39 is 0 Å². The van der Waals surface area contributed by atoms with E-state index in [1.807, 2.05) is 6.92 Å². The van der Waals surface area contributed by atoms with Crippen molar-refractivity contribution in [3.05, 3.63) is 28.0 Å². The highest BCUT2D eigenvalue weighted by atomic mass is 35.5. The van der Waals surface area contributed by atoms with Crippen LogP contribution in [0.3, 0.4) is 0 Å². The Labute approximate surface area is 70.4 Å². The average Bonchev–Trinajstić information content (AvgIpc) is 1.96. The lowest BCUT2D eigenvalue weighted by atomic mass is 10.1. The van der Waals surface area contributed by atoms with Gasteiger partial charge in [0.15, 0.2) is 0 Å². The number of aromatic nitrogens is 1. The van der Waals surface area contributed by atoms with E-state index in [-0.39, 0.29) is 0 Å². The minimum Gasteiger partial charge on any atom is -0.241 e.